The molecule has 25 heavy (non-hydrogen) atoms. The molecule has 0 aliphatic heterocycles. The lowest BCUT2D eigenvalue weighted by Crippen LogP contribution is -2.01. The molecule has 2 aromatic rings. The summed E-state index contributed by atoms with van der Waals surface area (Å²) in [6, 6.07) is 17.5. The molecule has 3 nitrogen and oxygen atoms in total. The summed E-state index contributed by atoms with van der Waals surface area (Å²) in [4.78, 5) is 16.4. The Hall–Kier alpha value is -2.68. The van der Waals surface area contributed by atoms with Crippen molar-refractivity contribution in [3.8, 4) is 0 Å². The van der Waals surface area contributed by atoms with Crippen molar-refractivity contribution in [3.63, 3.8) is 0 Å². The zero-order valence-corrected chi connectivity index (χ0v) is 14.9. The van der Waals surface area contributed by atoms with Gasteiger partial charge in [-0.1, -0.05) is 68.3 Å². The minimum Gasteiger partial charge on any atom is -0.465 e. The number of allylic oxidation sites excluding steroid dienone is 1. The van der Waals surface area contributed by atoms with Crippen LogP contribution in [-0.2, 0) is 4.74 Å². The number of hydrogen-bond donors (Lipinski definition) is 0. The number of carbonyl (C=O) groups is 1. The van der Waals surface area contributed by atoms with Crippen LogP contribution in [0.4, 0.5) is 5.69 Å². The van der Waals surface area contributed by atoms with Crippen LogP contribution in [0.25, 0.3) is 6.08 Å². The maximum atomic E-state index is 11.9. The first-order chi connectivity index (χ1) is 12.2. The maximum absolute atomic E-state index is 11.9. The molecule has 0 amide bonds. The number of unbranched alkanes of at least 4 members (excludes halogenated alkanes) is 2. The van der Waals surface area contributed by atoms with Crippen LogP contribution in [0.1, 0.15) is 48.5 Å². The summed E-state index contributed by atoms with van der Waals surface area (Å²) in [5, 5.41) is 0. The number of aliphatic imine (C=N–C) groups is 1. The summed E-state index contributed by atoms with van der Waals surface area (Å²) < 4.78 is 4.83. The molecule has 0 saturated heterocycles. The van der Waals surface area contributed by atoms with Gasteiger partial charge in [-0.2, -0.15) is 0 Å². The highest BCUT2D eigenvalue weighted by atomic mass is 16.5. The number of benzene rings is 2. The van der Waals surface area contributed by atoms with E-state index in [-0.39, 0.29) is 5.97 Å². The minimum absolute atomic E-state index is 0.368. The zero-order valence-electron chi connectivity index (χ0n) is 14.9. The van der Waals surface area contributed by atoms with Crippen molar-refractivity contribution >= 4 is 23.9 Å². The molecule has 3 heteroatoms. The van der Waals surface area contributed by atoms with Gasteiger partial charge in [0.05, 0.1) is 18.4 Å². The Labute approximate surface area is 150 Å². The fraction of sp³-hybridized carbons (Fsp3) is 0.273. The van der Waals surface area contributed by atoms with E-state index in [1.807, 2.05) is 42.6 Å². The second-order valence-electron chi connectivity index (χ2n) is 5.85. The number of nitrogens with zero attached hydrogens (tertiary/aromatic N) is 1. The first-order valence-corrected chi connectivity index (χ1v) is 8.71. The number of methoxy groups -OCH3 is 1. The molecule has 0 fully saturated rings. The third kappa shape index (κ3) is 6.03. The Morgan fingerprint density at radius 3 is 2.48 bits per heavy atom. The standard InChI is InChI=1S/C22H25NO2/c1-3-4-6-13-19(16-18-11-7-5-8-12-18)17-23-21-15-10-9-14-20(21)22(24)25-2/h5,7-12,14-17H,3-4,6,13H2,1-2H3. The molecule has 0 heterocycles. The SMILES string of the molecule is CCCCCC(C=Nc1ccccc1C(=O)OC)=Cc1ccccc1. The van der Waals surface area contributed by atoms with Gasteiger partial charge in [-0.05, 0) is 36.1 Å². The molecule has 0 unspecified atom stereocenters. The van der Waals surface area contributed by atoms with Crippen molar-refractivity contribution in [2.24, 2.45) is 4.99 Å². The number of hydrogen-bond acceptors (Lipinski definition) is 3. The number of carbonyl (C=O) groups excluding carboxylic acids is 1. The summed E-state index contributed by atoms with van der Waals surface area (Å²) in [5.41, 5.74) is 3.42. The summed E-state index contributed by atoms with van der Waals surface area (Å²) in [6.07, 6.45) is 8.48. The number of esters is 1. The zero-order chi connectivity index (χ0) is 17.9. The molecule has 0 aromatic heterocycles. The first-order valence-electron chi connectivity index (χ1n) is 8.71. The van der Waals surface area contributed by atoms with E-state index in [0.717, 1.165) is 24.0 Å². The van der Waals surface area contributed by atoms with Crippen LogP contribution in [0.2, 0.25) is 0 Å². The minimum atomic E-state index is -0.368. The summed E-state index contributed by atoms with van der Waals surface area (Å²) in [5.74, 6) is -0.368. The van der Waals surface area contributed by atoms with Crippen LogP contribution >= 0.6 is 0 Å². The van der Waals surface area contributed by atoms with Gasteiger partial charge in [0.25, 0.3) is 0 Å². The molecular weight excluding hydrogens is 310 g/mol. The summed E-state index contributed by atoms with van der Waals surface area (Å²) in [6.45, 7) is 2.20. The van der Waals surface area contributed by atoms with Gasteiger partial charge in [-0.3, -0.25) is 4.99 Å². The Bertz CT molecular complexity index is 733. The molecular formula is C22H25NO2. The van der Waals surface area contributed by atoms with Crippen LogP contribution < -0.4 is 0 Å². The molecule has 0 bridgehead atoms. The van der Waals surface area contributed by atoms with Gasteiger partial charge in [-0.25, -0.2) is 4.79 Å². The molecule has 0 atom stereocenters. The van der Waals surface area contributed by atoms with Gasteiger partial charge in [0, 0.05) is 6.21 Å². The molecule has 0 N–H and O–H groups in total. The van der Waals surface area contributed by atoms with Gasteiger partial charge in [0.2, 0.25) is 0 Å². The lowest BCUT2D eigenvalue weighted by molar-refractivity contribution is 0.0601. The Morgan fingerprint density at radius 2 is 1.76 bits per heavy atom. The Balaban J connectivity index is 2.25. The number of para-hydroxylation sites is 1. The Morgan fingerprint density at radius 1 is 1.04 bits per heavy atom. The maximum Gasteiger partial charge on any atom is 0.340 e. The van der Waals surface area contributed by atoms with Crippen molar-refractivity contribution in [1.82, 2.24) is 0 Å². The average molecular weight is 335 g/mol. The van der Waals surface area contributed by atoms with E-state index in [0.29, 0.717) is 11.3 Å². The van der Waals surface area contributed by atoms with Crippen molar-refractivity contribution in [1.29, 1.82) is 0 Å². The van der Waals surface area contributed by atoms with Crippen molar-refractivity contribution in [3.05, 3.63) is 71.3 Å². The molecule has 0 saturated carbocycles. The third-order valence-corrected chi connectivity index (χ3v) is 3.90. The molecule has 0 aliphatic rings. The van der Waals surface area contributed by atoms with E-state index in [1.54, 1.807) is 6.07 Å². The van der Waals surface area contributed by atoms with E-state index in [2.05, 4.69) is 30.1 Å². The second-order valence-corrected chi connectivity index (χ2v) is 5.85. The highest BCUT2D eigenvalue weighted by Gasteiger charge is 2.09. The smallest absolute Gasteiger partial charge is 0.340 e. The van der Waals surface area contributed by atoms with Crippen molar-refractivity contribution in [2.45, 2.75) is 32.6 Å². The monoisotopic (exact) mass is 335 g/mol. The fourth-order valence-corrected chi connectivity index (χ4v) is 2.54. The molecule has 130 valence electrons. The van der Waals surface area contributed by atoms with E-state index < -0.39 is 0 Å². The normalized spacial score (nSPS) is 11.7. The first kappa shape index (κ1) is 18.7. The van der Waals surface area contributed by atoms with Gasteiger partial charge in [0.1, 0.15) is 0 Å². The van der Waals surface area contributed by atoms with E-state index >= 15 is 0 Å². The van der Waals surface area contributed by atoms with Gasteiger partial charge in [-0.15, -0.1) is 0 Å². The molecule has 0 radical (unpaired) electrons. The summed E-state index contributed by atoms with van der Waals surface area (Å²) >= 11 is 0. The van der Waals surface area contributed by atoms with Gasteiger partial charge < -0.3 is 4.74 Å². The van der Waals surface area contributed by atoms with Crippen LogP contribution in [-0.4, -0.2) is 19.3 Å². The fourth-order valence-electron chi connectivity index (χ4n) is 2.54. The van der Waals surface area contributed by atoms with Crippen LogP contribution in [0.15, 0.2) is 65.2 Å². The number of ether oxygens (including phenoxy) is 1. The van der Waals surface area contributed by atoms with Crippen LogP contribution in [0, 0.1) is 0 Å². The van der Waals surface area contributed by atoms with E-state index in [4.69, 9.17) is 4.74 Å². The quantitative estimate of drug-likeness (QED) is 0.345. The topological polar surface area (TPSA) is 38.7 Å². The summed E-state index contributed by atoms with van der Waals surface area (Å²) in [7, 11) is 1.38. The third-order valence-electron chi connectivity index (χ3n) is 3.90. The van der Waals surface area contributed by atoms with Gasteiger partial charge in [0.15, 0.2) is 0 Å². The highest BCUT2D eigenvalue weighted by molar-refractivity contribution is 5.96. The molecule has 2 aromatic carbocycles. The predicted octanol–water partition coefficient (Wildman–Crippen LogP) is 5.84. The molecule has 0 aliphatic carbocycles. The molecule has 2 rings (SSSR count). The average Bonchev–Trinajstić information content (AvgIpc) is 2.66. The Kier molecular flexibility index (Phi) is 7.64. The van der Waals surface area contributed by atoms with E-state index in [1.165, 1.54) is 20.0 Å². The predicted molar refractivity (Wildman–Crippen MR) is 104 cm³/mol. The largest absolute Gasteiger partial charge is 0.465 e. The highest BCUT2D eigenvalue weighted by Crippen LogP contribution is 2.20. The van der Waals surface area contributed by atoms with Crippen molar-refractivity contribution in [2.75, 3.05) is 7.11 Å². The van der Waals surface area contributed by atoms with Gasteiger partial charge >= 0.3 is 5.97 Å². The van der Waals surface area contributed by atoms with Crippen LogP contribution in [0.3, 0.4) is 0 Å². The lowest BCUT2D eigenvalue weighted by Gasteiger charge is -2.05. The van der Waals surface area contributed by atoms with Crippen molar-refractivity contribution < 1.29 is 9.53 Å². The van der Waals surface area contributed by atoms with Crippen LogP contribution in [0.5, 0.6) is 0 Å². The molecule has 0 spiro atoms. The number of rotatable bonds is 8. The lowest BCUT2D eigenvalue weighted by atomic mass is 10.0. The van der Waals surface area contributed by atoms with E-state index in [9.17, 15) is 4.79 Å². The second kappa shape index (κ2) is 10.2.